The molecule has 0 heterocycles. The Balaban J connectivity index is 1.63. The monoisotopic (exact) mass is 328 g/mol. The van der Waals surface area contributed by atoms with E-state index in [1.54, 1.807) is 24.3 Å². The Hall–Kier alpha value is -2.00. The van der Waals surface area contributed by atoms with Gasteiger partial charge >= 0.3 is 6.03 Å². The molecule has 1 unspecified atom stereocenters. The number of anilines is 1. The summed E-state index contributed by atoms with van der Waals surface area (Å²) >= 11 is 5.84. The molecule has 0 spiro atoms. The number of carbonyl (C=O) groups is 1. The van der Waals surface area contributed by atoms with Gasteiger partial charge < -0.3 is 10.6 Å². The van der Waals surface area contributed by atoms with E-state index in [2.05, 4.69) is 28.8 Å². The molecule has 1 aliphatic carbocycles. The molecule has 0 radical (unpaired) electrons. The molecular formula is C19H21ClN2O. The van der Waals surface area contributed by atoms with E-state index in [4.69, 9.17) is 11.6 Å². The van der Waals surface area contributed by atoms with E-state index in [-0.39, 0.29) is 12.1 Å². The molecule has 2 amide bonds. The third kappa shape index (κ3) is 4.05. The average Bonchev–Trinajstić information content (AvgIpc) is 2.56. The van der Waals surface area contributed by atoms with Gasteiger partial charge in [0.2, 0.25) is 0 Å². The van der Waals surface area contributed by atoms with Crippen LogP contribution in [0.15, 0.2) is 42.5 Å². The summed E-state index contributed by atoms with van der Waals surface area (Å²) in [5.41, 5.74) is 4.76. The molecule has 4 heteroatoms. The highest BCUT2D eigenvalue weighted by atomic mass is 35.5. The molecule has 0 saturated carbocycles. The number of rotatable bonds is 3. The first-order valence-electron chi connectivity index (χ1n) is 8.06. The van der Waals surface area contributed by atoms with Gasteiger partial charge in [0.05, 0.1) is 6.04 Å². The molecule has 0 bridgehead atoms. The largest absolute Gasteiger partial charge is 0.331 e. The van der Waals surface area contributed by atoms with E-state index in [9.17, 15) is 4.79 Å². The molecule has 2 aromatic carbocycles. The van der Waals surface area contributed by atoms with Crippen LogP contribution in [0.3, 0.4) is 0 Å². The van der Waals surface area contributed by atoms with Crippen molar-refractivity contribution >= 4 is 23.3 Å². The second kappa shape index (κ2) is 7.05. The first-order chi connectivity index (χ1) is 11.1. The van der Waals surface area contributed by atoms with Gasteiger partial charge in [-0.1, -0.05) is 29.8 Å². The number of fused-ring (bicyclic) bond motifs is 1. The molecule has 2 aromatic rings. The maximum Gasteiger partial charge on any atom is 0.319 e. The van der Waals surface area contributed by atoms with Crippen molar-refractivity contribution in [3.05, 3.63) is 64.2 Å². The van der Waals surface area contributed by atoms with Gasteiger partial charge in [-0.2, -0.15) is 0 Å². The highest BCUT2D eigenvalue weighted by Gasteiger charge is 2.14. The summed E-state index contributed by atoms with van der Waals surface area (Å²) in [4.78, 5) is 12.1. The summed E-state index contributed by atoms with van der Waals surface area (Å²) in [5, 5.41) is 6.46. The Morgan fingerprint density at radius 3 is 2.48 bits per heavy atom. The lowest BCUT2D eigenvalue weighted by atomic mass is 9.89. The molecule has 1 aliphatic rings. The van der Waals surface area contributed by atoms with Crippen molar-refractivity contribution in [1.29, 1.82) is 0 Å². The number of amides is 2. The Morgan fingerprint density at radius 2 is 1.74 bits per heavy atom. The van der Waals surface area contributed by atoms with E-state index >= 15 is 0 Å². The summed E-state index contributed by atoms with van der Waals surface area (Å²) in [6.45, 7) is 2.01. The fraction of sp³-hybridized carbons (Fsp3) is 0.316. The highest BCUT2D eigenvalue weighted by molar-refractivity contribution is 6.30. The number of halogens is 1. The Morgan fingerprint density at radius 1 is 1.04 bits per heavy atom. The summed E-state index contributed by atoms with van der Waals surface area (Å²) in [6.07, 6.45) is 4.86. The predicted octanol–water partition coefficient (Wildman–Crippen LogP) is 5.10. The summed E-state index contributed by atoms with van der Waals surface area (Å²) < 4.78 is 0. The topological polar surface area (TPSA) is 41.1 Å². The lowest BCUT2D eigenvalue weighted by Crippen LogP contribution is -2.31. The summed E-state index contributed by atoms with van der Waals surface area (Å²) in [5.74, 6) is 0. The number of hydrogen-bond acceptors (Lipinski definition) is 1. The minimum atomic E-state index is -0.211. The molecule has 2 N–H and O–H groups in total. The minimum Gasteiger partial charge on any atom is -0.331 e. The predicted molar refractivity (Wildman–Crippen MR) is 95.1 cm³/mol. The highest BCUT2D eigenvalue weighted by Crippen LogP contribution is 2.24. The molecule has 0 fully saturated rings. The second-order valence-electron chi connectivity index (χ2n) is 6.06. The number of benzene rings is 2. The Bertz CT molecular complexity index is 697. The van der Waals surface area contributed by atoms with Crippen molar-refractivity contribution in [2.24, 2.45) is 0 Å². The van der Waals surface area contributed by atoms with Gasteiger partial charge in [0.1, 0.15) is 0 Å². The van der Waals surface area contributed by atoms with Crippen LogP contribution in [-0.2, 0) is 12.8 Å². The van der Waals surface area contributed by atoms with E-state index in [1.165, 1.54) is 30.4 Å². The second-order valence-corrected chi connectivity index (χ2v) is 6.50. The van der Waals surface area contributed by atoms with Crippen LogP contribution < -0.4 is 10.6 Å². The quantitative estimate of drug-likeness (QED) is 0.808. The lowest BCUT2D eigenvalue weighted by molar-refractivity contribution is 0.249. The average molecular weight is 329 g/mol. The zero-order valence-corrected chi connectivity index (χ0v) is 14.0. The normalized spacial score (nSPS) is 14.7. The molecule has 1 atom stereocenters. The fourth-order valence-electron chi connectivity index (χ4n) is 3.00. The Labute approximate surface area is 142 Å². The molecule has 0 aliphatic heterocycles. The third-order valence-corrected chi connectivity index (χ3v) is 4.57. The lowest BCUT2D eigenvalue weighted by Gasteiger charge is -2.20. The number of carbonyl (C=O) groups excluding carboxylic acids is 1. The zero-order chi connectivity index (χ0) is 16.2. The van der Waals surface area contributed by atoms with Gasteiger partial charge in [-0.3, -0.25) is 0 Å². The van der Waals surface area contributed by atoms with Crippen molar-refractivity contribution in [2.75, 3.05) is 5.32 Å². The zero-order valence-electron chi connectivity index (χ0n) is 13.2. The third-order valence-electron chi connectivity index (χ3n) is 4.32. The number of nitrogens with one attached hydrogen (secondary N) is 2. The van der Waals surface area contributed by atoms with Crippen LogP contribution in [0.5, 0.6) is 0 Å². The first kappa shape index (κ1) is 15.9. The summed E-state index contributed by atoms with van der Waals surface area (Å²) in [6, 6.07) is 13.4. The minimum absolute atomic E-state index is 0.0328. The van der Waals surface area contributed by atoms with Crippen molar-refractivity contribution in [3.8, 4) is 0 Å². The van der Waals surface area contributed by atoms with E-state index in [0.29, 0.717) is 5.02 Å². The number of hydrogen-bond donors (Lipinski definition) is 2. The van der Waals surface area contributed by atoms with E-state index in [1.807, 2.05) is 6.92 Å². The molecule has 23 heavy (non-hydrogen) atoms. The van der Waals surface area contributed by atoms with Crippen LogP contribution in [0.1, 0.15) is 42.5 Å². The van der Waals surface area contributed by atoms with Crippen LogP contribution in [0, 0.1) is 0 Å². The van der Waals surface area contributed by atoms with Crippen LogP contribution in [0.25, 0.3) is 0 Å². The van der Waals surface area contributed by atoms with Gasteiger partial charge in [0.15, 0.2) is 0 Å². The smallest absolute Gasteiger partial charge is 0.319 e. The standard InChI is InChI=1S/C19H21ClN2O/c1-13(15-7-6-14-4-2-3-5-16(14)12-15)21-19(23)22-18-10-8-17(20)9-11-18/h6-13H,2-5H2,1H3,(H2,21,22,23). The van der Waals surface area contributed by atoms with Crippen molar-refractivity contribution in [1.82, 2.24) is 5.32 Å². The van der Waals surface area contributed by atoms with Crippen molar-refractivity contribution in [3.63, 3.8) is 0 Å². The van der Waals surface area contributed by atoms with Gasteiger partial charge in [-0.15, -0.1) is 0 Å². The molecule has 3 rings (SSSR count). The van der Waals surface area contributed by atoms with Crippen LogP contribution in [0.2, 0.25) is 5.02 Å². The van der Waals surface area contributed by atoms with Crippen LogP contribution in [0.4, 0.5) is 10.5 Å². The van der Waals surface area contributed by atoms with E-state index in [0.717, 1.165) is 17.7 Å². The van der Waals surface area contributed by atoms with Gasteiger partial charge in [-0.25, -0.2) is 4.79 Å². The van der Waals surface area contributed by atoms with Crippen LogP contribution in [-0.4, -0.2) is 6.03 Å². The number of urea groups is 1. The number of aryl methyl sites for hydroxylation is 2. The van der Waals surface area contributed by atoms with Crippen molar-refractivity contribution in [2.45, 2.75) is 38.6 Å². The van der Waals surface area contributed by atoms with E-state index < -0.39 is 0 Å². The fourth-order valence-corrected chi connectivity index (χ4v) is 3.13. The van der Waals surface area contributed by atoms with Crippen LogP contribution >= 0.6 is 11.6 Å². The molecule has 120 valence electrons. The van der Waals surface area contributed by atoms with Gasteiger partial charge in [-0.05, 0) is 73.6 Å². The molecule has 0 aromatic heterocycles. The summed E-state index contributed by atoms with van der Waals surface area (Å²) in [7, 11) is 0. The first-order valence-corrected chi connectivity index (χ1v) is 8.44. The Kier molecular flexibility index (Phi) is 4.87. The molecular weight excluding hydrogens is 308 g/mol. The SMILES string of the molecule is CC(NC(=O)Nc1ccc(Cl)cc1)c1ccc2c(c1)CCCC2. The molecule has 0 saturated heterocycles. The van der Waals surface area contributed by atoms with Crippen molar-refractivity contribution < 1.29 is 4.79 Å². The van der Waals surface area contributed by atoms with Gasteiger partial charge in [0, 0.05) is 10.7 Å². The molecule has 3 nitrogen and oxygen atoms in total. The van der Waals surface area contributed by atoms with Gasteiger partial charge in [0.25, 0.3) is 0 Å². The maximum atomic E-state index is 12.1. The maximum absolute atomic E-state index is 12.1.